The molecule has 1 aliphatic rings. The van der Waals surface area contributed by atoms with Gasteiger partial charge in [-0.25, -0.2) is 0 Å². The fourth-order valence-corrected chi connectivity index (χ4v) is 2.99. The van der Waals surface area contributed by atoms with Crippen molar-refractivity contribution in [3.05, 3.63) is 52.3 Å². The number of carbonyl (C=O) groups is 2. The third-order valence-electron chi connectivity index (χ3n) is 4.37. The van der Waals surface area contributed by atoms with Crippen molar-refractivity contribution >= 4 is 23.4 Å². The molecule has 8 heteroatoms. The predicted molar refractivity (Wildman–Crippen MR) is 97.1 cm³/mol. The van der Waals surface area contributed by atoms with E-state index in [1.54, 1.807) is 18.0 Å². The Morgan fingerprint density at radius 3 is 2.77 bits per heavy atom. The van der Waals surface area contributed by atoms with Crippen LogP contribution in [0.5, 0.6) is 0 Å². The van der Waals surface area contributed by atoms with Gasteiger partial charge in [-0.15, -0.1) is 0 Å². The fraction of sp³-hybridized carbons (Fsp3) is 0.389. The first kappa shape index (κ1) is 18.4. The highest BCUT2D eigenvalue weighted by atomic mass is 35.5. The number of benzene rings is 1. The molecule has 26 heavy (non-hydrogen) atoms. The van der Waals surface area contributed by atoms with Crippen molar-refractivity contribution in [2.75, 3.05) is 26.7 Å². The second kappa shape index (κ2) is 7.88. The summed E-state index contributed by atoms with van der Waals surface area (Å²) in [5.74, 6) is -0.324. The third-order valence-corrected chi connectivity index (χ3v) is 4.62. The molecular weight excluding hydrogens is 356 g/mol. The fourth-order valence-electron chi connectivity index (χ4n) is 2.86. The lowest BCUT2D eigenvalue weighted by atomic mass is 10.1. The molecule has 0 spiro atoms. The molecule has 7 nitrogen and oxygen atoms in total. The Bertz CT molecular complexity index is 803. The van der Waals surface area contributed by atoms with Crippen LogP contribution in [-0.2, 0) is 16.1 Å². The van der Waals surface area contributed by atoms with Gasteiger partial charge in [0, 0.05) is 24.3 Å². The number of ether oxygens (including phenoxy) is 1. The number of halogens is 1. The van der Waals surface area contributed by atoms with Gasteiger partial charge in [-0.05, 0) is 30.7 Å². The van der Waals surface area contributed by atoms with Crippen LogP contribution in [0, 0.1) is 6.92 Å². The number of morpholine rings is 1. The van der Waals surface area contributed by atoms with Gasteiger partial charge in [0.2, 0.25) is 5.91 Å². The van der Waals surface area contributed by atoms with E-state index in [1.807, 2.05) is 31.2 Å². The molecule has 2 heterocycles. The molecule has 138 valence electrons. The molecule has 0 bridgehead atoms. The Morgan fingerprint density at radius 2 is 2.08 bits per heavy atom. The van der Waals surface area contributed by atoms with Crippen LogP contribution in [-0.4, -0.2) is 53.2 Å². The zero-order valence-electron chi connectivity index (χ0n) is 14.7. The van der Waals surface area contributed by atoms with Crippen LogP contribution in [0.3, 0.4) is 0 Å². The summed E-state index contributed by atoms with van der Waals surface area (Å²) < 4.78 is 7.33. The summed E-state index contributed by atoms with van der Waals surface area (Å²) in [6.07, 6.45) is -0.195. The summed E-state index contributed by atoms with van der Waals surface area (Å²) >= 11 is 5.93. The molecule has 1 atom stereocenters. The van der Waals surface area contributed by atoms with Crippen molar-refractivity contribution in [2.24, 2.45) is 0 Å². The summed E-state index contributed by atoms with van der Waals surface area (Å²) in [5, 5.41) is 7.50. The maximum atomic E-state index is 12.8. The number of amides is 2. The molecule has 0 unspecified atom stereocenters. The highest BCUT2D eigenvalue weighted by Crippen LogP contribution is 2.24. The highest BCUT2D eigenvalue weighted by molar-refractivity contribution is 6.30. The molecule has 1 saturated heterocycles. The molecule has 0 aliphatic carbocycles. The van der Waals surface area contributed by atoms with E-state index in [2.05, 4.69) is 10.4 Å². The van der Waals surface area contributed by atoms with Crippen LogP contribution in [0.1, 0.15) is 27.8 Å². The monoisotopic (exact) mass is 376 g/mol. The molecule has 1 aromatic heterocycles. The molecular formula is C18H21ClN4O3. The van der Waals surface area contributed by atoms with Crippen molar-refractivity contribution in [3.63, 3.8) is 0 Å². The number of nitrogens with zero attached hydrogens (tertiary/aromatic N) is 3. The molecule has 1 aliphatic heterocycles. The lowest BCUT2D eigenvalue weighted by Crippen LogP contribution is -2.42. The van der Waals surface area contributed by atoms with Crippen LogP contribution < -0.4 is 5.32 Å². The molecule has 2 aromatic rings. The number of carbonyl (C=O) groups excluding carboxylic acids is 2. The van der Waals surface area contributed by atoms with Crippen LogP contribution >= 0.6 is 11.6 Å². The Balaban J connectivity index is 1.72. The van der Waals surface area contributed by atoms with E-state index in [4.69, 9.17) is 16.3 Å². The van der Waals surface area contributed by atoms with Gasteiger partial charge in [-0.2, -0.15) is 5.10 Å². The zero-order valence-corrected chi connectivity index (χ0v) is 15.5. The van der Waals surface area contributed by atoms with Crippen molar-refractivity contribution < 1.29 is 14.3 Å². The second-order valence-electron chi connectivity index (χ2n) is 6.16. The Hall–Kier alpha value is -2.38. The number of nitrogens with one attached hydrogen (secondary N) is 1. The normalized spacial score (nSPS) is 17.2. The smallest absolute Gasteiger partial charge is 0.274 e. The van der Waals surface area contributed by atoms with E-state index >= 15 is 0 Å². The first-order chi connectivity index (χ1) is 12.5. The summed E-state index contributed by atoms with van der Waals surface area (Å²) in [6.45, 7) is 3.32. The standard InChI is InChI=1S/C18H21ClN4O3/c1-12-9-15(21-23(12)11-17(24)20-2)18(25)22-7-8-26-16(10-22)13-3-5-14(19)6-4-13/h3-6,9,16H,7-8,10-11H2,1-2H3,(H,20,24)/t16-/m0/s1. The predicted octanol–water partition coefficient (Wildman–Crippen LogP) is 1.80. The summed E-state index contributed by atoms with van der Waals surface area (Å²) in [6, 6.07) is 9.14. The van der Waals surface area contributed by atoms with Crippen LogP contribution in [0.15, 0.2) is 30.3 Å². The molecule has 3 rings (SSSR count). The van der Waals surface area contributed by atoms with Gasteiger partial charge in [0.25, 0.3) is 5.91 Å². The van der Waals surface area contributed by atoms with Gasteiger partial charge in [-0.1, -0.05) is 23.7 Å². The minimum Gasteiger partial charge on any atom is -0.370 e. The first-order valence-corrected chi connectivity index (χ1v) is 8.77. The third kappa shape index (κ3) is 4.05. The summed E-state index contributed by atoms with van der Waals surface area (Å²) in [5.41, 5.74) is 2.08. The van der Waals surface area contributed by atoms with E-state index in [-0.39, 0.29) is 24.5 Å². The van der Waals surface area contributed by atoms with E-state index in [9.17, 15) is 9.59 Å². The van der Waals surface area contributed by atoms with Gasteiger partial charge in [0.05, 0.1) is 13.2 Å². The van der Waals surface area contributed by atoms with Crippen molar-refractivity contribution in [1.82, 2.24) is 20.0 Å². The molecule has 1 aromatic carbocycles. The van der Waals surface area contributed by atoms with Gasteiger partial charge in [0.1, 0.15) is 12.6 Å². The Kier molecular flexibility index (Phi) is 5.58. The number of aryl methyl sites for hydroxylation is 1. The SMILES string of the molecule is CNC(=O)Cn1nc(C(=O)N2CCO[C@H](c3ccc(Cl)cc3)C2)cc1C. The van der Waals surface area contributed by atoms with Crippen molar-refractivity contribution in [1.29, 1.82) is 0 Å². The highest BCUT2D eigenvalue weighted by Gasteiger charge is 2.27. The molecule has 1 N–H and O–H groups in total. The Morgan fingerprint density at radius 1 is 1.35 bits per heavy atom. The van der Waals surface area contributed by atoms with Gasteiger partial charge in [0.15, 0.2) is 5.69 Å². The van der Waals surface area contributed by atoms with Crippen LogP contribution in [0.2, 0.25) is 5.02 Å². The van der Waals surface area contributed by atoms with E-state index < -0.39 is 0 Å². The van der Waals surface area contributed by atoms with Gasteiger partial charge < -0.3 is 15.0 Å². The zero-order chi connectivity index (χ0) is 18.7. The maximum absolute atomic E-state index is 12.8. The molecule has 0 radical (unpaired) electrons. The van der Waals surface area contributed by atoms with E-state index in [0.717, 1.165) is 11.3 Å². The van der Waals surface area contributed by atoms with Crippen molar-refractivity contribution in [2.45, 2.75) is 19.6 Å². The van der Waals surface area contributed by atoms with Gasteiger partial charge in [-0.3, -0.25) is 14.3 Å². The summed E-state index contributed by atoms with van der Waals surface area (Å²) in [7, 11) is 1.57. The lowest BCUT2D eigenvalue weighted by Gasteiger charge is -2.32. The van der Waals surface area contributed by atoms with Gasteiger partial charge >= 0.3 is 0 Å². The lowest BCUT2D eigenvalue weighted by molar-refractivity contribution is -0.121. The number of likely N-dealkylation sites (N-methyl/N-ethyl adjacent to an activating group) is 1. The number of hydrogen-bond donors (Lipinski definition) is 1. The van der Waals surface area contributed by atoms with E-state index in [0.29, 0.717) is 30.4 Å². The topological polar surface area (TPSA) is 76.5 Å². The number of rotatable bonds is 4. The number of hydrogen-bond acceptors (Lipinski definition) is 4. The first-order valence-electron chi connectivity index (χ1n) is 8.39. The maximum Gasteiger partial charge on any atom is 0.274 e. The quantitative estimate of drug-likeness (QED) is 0.882. The minimum absolute atomic E-state index is 0.0894. The van der Waals surface area contributed by atoms with Crippen LogP contribution in [0.25, 0.3) is 0 Å². The summed E-state index contributed by atoms with van der Waals surface area (Å²) in [4.78, 5) is 26.1. The number of aromatic nitrogens is 2. The average molecular weight is 377 g/mol. The molecule has 1 fully saturated rings. The van der Waals surface area contributed by atoms with E-state index in [1.165, 1.54) is 4.68 Å². The second-order valence-corrected chi connectivity index (χ2v) is 6.60. The minimum atomic E-state index is -0.195. The van der Waals surface area contributed by atoms with Crippen LogP contribution in [0.4, 0.5) is 0 Å². The van der Waals surface area contributed by atoms with Crippen molar-refractivity contribution in [3.8, 4) is 0 Å². The Labute approximate surface area is 156 Å². The largest absolute Gasteiger partial charge is 0.370 e. The molecule has 2 amide bonds. The molecule has 0 saturated carbocycles. The average Bonchev–Trinajstić information content (AvgIpc) is 3.02.